The Labute approximate surface area is 272 Å². The Balaban J connectivity index is 0.00000185. The summed E-state index contributed by atoms with van der Waals surface area (Å²) in [6.07, 6.45) is 6.47. The van der Waals surface area contributed by atoms with Gasteiger partial charge in [0, 0.05) is 19.0 Å². The average molecular weight is 638 g/mol. The van der Waals surface area contributed by atoms with Crippen LogP contribution in [0.1, 0.15) is 77.8 Å². The molecule has 4 rings (SSSR count). The SMILES string of the molecule is C=CCNC(=O)C(=O)C(C)NC(=O)C1CCCN1C(=O)C(NC(=O)NC(C(=O)C1CC1)C(C)C)C1Cc2ccccc2C1.CCC. The highest BCUT2D eigenvalue weighted by atomic mass is 16.2. The van der Waals surface area contributed by atoms with Gasteiger partial charge in [-0.1, -0.05) is 64.5 Å². The fraction of sp³-hybridized carbons (Fsp3) is 0.600. The highest BCUT2D eigenvalue weighted by molar-refractivity contribution is 6.38. The van der Waals surface area contributed by atoms with E-state index in [0.717, 1.165) is 24.0 Å². The first kappa shape index (κ1) is 36.4. The van der Waals surface area contributed by atoms with Gasteiger partial charge in [-0.2, -0.15) is 0 Å². The molecule has 0 bridgehead atoms. The van der Waals surface area contributed by atoms with Gasteiger partial charge in [-0.25, -0.2) is 4.79 Å². The number of amides is 5. The summed E-state index contributed by atoms with van der Waals surface area (Å²) in [4.78, 5) is 79.6. The molecule has 1 saturated carbocycles. The lowest BCUT2D eigenvalue weighted by Gasteiger charge is -2.32. The third kappa shape index (κ3) is 9.50. The number of hydrogen-bond donors (Lipinski definition) is 4. The zero-order valence-electron chi connectivity index (χ0n) is 27.9. The van der Waals surface area contributed by atoms with Crippen LogP contribution in [-0.4, -0.2) is 77.5 Å². The van der Waals surface area contributed by atoms with Crippen LogP contribution in [-0.2, 0) is 36.8 Å². The Morgan fingerprint density at radius 2 is 1.54 bits per heavy atom. The molecule has 11 heteroatoms. The minimum absolute atomic E-state index is 0.0133. The number of rotatable bonds is 13. The molecule has 0 aromatic heterocycles. The third-order valence-corrected chi connectivity index (χ3v) is 8.57. The lowest BCUT2D eigenvalue weighted by Crippen LogP contribution is -2.60. The standard InChI is InChI=1S/C32H43N5O6.C3H8/c1-5-14-33-30(41)27(38)19(4)34-29(40)24-11-8-15-37(24)31(42)26(23-16-21-9-6-7-10-22(21)17-23)36-32(43)35-25(18(2)3)28(39)20-12-13-20;1-3-2/h5-7,9-10,18-20,23-26H,1,8,11-17H2,2-4H3,(H,33,41)(H,34,40)(H2,35,36,43);3H2,1-2H3. The minimum Gasteiger partial charge on any atom is -0.346 e. The number of ketones is 2. The van der Waals surface area contributed by atoms with E-state index in [0.29, 0.717) is 32.2 Å². The van der Waals surface area contributed by atoms with Crippen molar-refractivity contribution in [3.05, 3.63) is 48.0 Å². The highest BCUT2D eigenvalue weighted by Crippen LogP contribution is 2.33. The zero-order chi connectivity index (χ0) is 34.0. The van der Waals surface area contributed by atoms with Crippen LogP contribution < -0.4 is 21.3 Å². The molecule has 4 unspecified atom stereocenters. The lowest BCUT2D eigenvalue weighted by molar-refractivity contribution is -0.143. The average Bonchev–Trinajstić information content (AvgIpc) is 3.59. The maximum Gasteiger partial charge on any atom is 0.316 e. The second-order valence-electron chi connectivity index (χ2n) is 12.9. The highest BCUT2D eigenvalue weighted by Gasteiger charge is 2.43. The molecular weight excluding hydrogens is 586 g/mol. The minimum atomic E-state index is -1.09. The molecule has 1 aromatic carbocycles. The van der Waals surface area contributed by atoms with Crippen molar-refractivity contribution in [3.63, 3.8) is 0 Å². The Kier molecular flexibility index (Phi) is 13.5. The molecule has 0 spiro atoms. The Morgan fingerprint density at radius 1 is 0.935 bits per heavy atom. The molecule has 1 saturated heterocycles. The number of fused-ring (bicyclic) bond motifs is 1. The van der Waals surface area contributed by atoms with Crippen molar-refractivity contribution >= 4 is 35.3 Å². The van der Waals surface area contributed by atoms with Crippen molar-refractivity contribution in [3.8, 4) is 0 Å². The summed E-state index contributed by atoms with van der Waals surface area (Å²) in [7, 11) is 0. The third-order valence-electron chi connectivity index (χ3n) is 8.57. The van der Waals surface area contributed by atoms with Crippen LogP contribution in [0.4, 0.5) is 4.79 Å². The van der Waals surface area contributed by atoms with Gasteiger partial charge in [0.25, 0.3) is 5.91 Å². The van der Waals surface area contributed by atoms with Crippen LogP contribution in [0.2, 0.25) is 0 Å². The molecule has 4 N–H and O–H groups in total. The molecule has 11 nitrogen and oxygen atoms in total. The van der Waals surface area contributed by atoms with Gasteiger partial charge >= 0.3 is 6.03 Å². The van der Waals surface area contributed by atoms with E-state index in [4.69, 9.17) is 0 Å². The molecule has 2 fully saturated rings. The number of urea groups is 1. The van der Waals surface area contributed by atoms with Crippen LogP contribution >= 0.6 is 0 Å². The van der Waals surface area contributed by atoms with Crippen molar-refractivity contribution in [2.45, 2.75) is 104 Å². The van der Waals surface area contributed by atoms with Crippen molar-refractivity contribution in [2.75, 3.05) is 13.1 Å². The number of benzene rings is 1. The van der Waals surface area contributed by atoms with Gasteiger partial charge in [0.2, 0.25) is 17.6 Å². The molecule has 5 amide bonds. The van der Waals surface area contributed by atoms with E-state index in [1.165, 1.54) is 24.3 Å². The molecule has 1 heterocycles. The van der Waals surface area contributed by atoms with E-state index in [-0.39, 0.29) is 36.0 Å². The predicted molar refractivity (Wildman–Crippen MR) is 176 cm³/mol. The van der Waals surface area contributed by atoms with Crippen molar-refractivity contribution in [1.82, 2.24) is 26.2 Å². The summed E-state index contributed by atoms with van der Waals surface area (Å²) < 4.78 is 0. The number of nitrogens with one attached hydrogen (secondary N) is 4. The number of likely N-dealkylation sites (tertiary alicyclic amines) is 1. The topological polar surface area (TPSA) is 154 Å². The fourth-order valence-electron chi connectivity index (χ4n) is 6.03. The summed E-state index contributed by atoms with van der Waals surface area (Å²) in [5.41, 5.74) is 2.21. The van der Waals surface area contributed by atoms with E-state index < -0.39 is 47.8 Å². The van der Waals surface area contributed by atoms with Gasteiger partial charge in [0.1, 0.15) is 12.1 Å². The van der Waals surface area contributed by atoms with Crippen molar-refractivity contribution in [2.24, 2.45) is 17.8 Å². The maximum absolute atomic E-state index is 14.1. The molecule has 3 aliphatic rings. The van der Waals surface area contributed by atoms with Gasteiger partial charge < -0.3 is 26.2 Å². The number of Topliss-reactive ketones (excluding diaryl/α,β-unsaturated/α-hetero) is 2. The maximum atomic E-state index is 14.1. The summed E-state index contributed by atoms with van der Waals surface area (Å²) in [5.74, 6) is -2.92. The summed E-state index contributed by atoms with van der Waals surface area (Å²) in [5, 5.41) is 10.7. The second kappa shape index (κ2) is 17.1. The Morgan fingerprint density at radius 3 is 2.09 bits per heavy atom. The van der Waals surface area contributed by atoms with Crippen LogP contribution in [0.15, 0.2) is 36.9 Å². The second-order valence-corrected chi connectivity index (χ2v) is 12.9. The molecule has 2 aliphatic carbocycles. The first-order valence-corrected chi connectivity index (χ1v) is 16.6. The quantitative estimate of drug-likeness (QED) is 0.193. The van der Waals surface area contributed by atoms with Gasteiger partial charge in [-0.3, -0.25) is 24.0 Å². The van der Waals surface area contributed by atoms with Gasteiger partial charge in [-0.05, 0) is 68.4 Å². The van der Waals surface area contributed by atoms with Crippen LogP contribution in [0, 0.1) is 17.8 Å². The molecule has 46 heavy (non-hydrogen) atoms. The molecule has 252 valence electrons. The van der Waals surface area contributed by atoms with E-state index in [2.05, 4.69) is 41.7 Å². The Hall–Kier alpha value is -4.02. The number of nitrogens with zero attached hydrogens (tertiary/aromatic N) is 1. The van der Waals surface area contributed by atoms with Crippen LogP contribution in [0.25, 0.3) is 0 Å². The van der Waals surface area contributed by atoms with Gasteiger partial charge in [0.15, 0.2) is 5.78 Å². The summed E-state index contributed by atoms with van der Waals surface area (Å²) in [6, 6.07) is 3.78. The monoisotopic (exact) mass is 637 g/mol. The van der Waals surface area contributed by atoms with Crippen molar-refractivity contribution < 1.29 is 28.8 Å². The number of carbonyl (C=O) groups is 6. The largest absolute Gasteiger partial charge is 0.346 e. The van der Waals surface area contributed by atoms with Crippen molar-refractivity contribution in [1.29, 1.82) is 0 Å². The van der Waals surface area contributed by atoms with Crippen LogP contribution in [0.3, 0.4) is 0 Å². The lowest BCUT2D eigenvalue weighted by atomic mass is 9.94. The molecule has 0 radical (unpaired) electrons. The normalized spacial score (nSPS) is 19.1. The van der Waals surface area contributed by atoms with E-state index >= 15 is 0 Å². The molecule has 1 aromatic rings. The molecular formula is C35H51N5O6. The van der Waals surface area contributed by atoms with Gasteiger partial charge in [0.05, 0.1) is 12.1 Å². The first-order valence-electron chi connectivity index (χ1n) is 16.6. The fourth-order valence-corrected chi connectivity index (χ4v) is 6.03. The van der Waals surface area contributed by atoms with E-state index in [1.54, 1.807) is 0 Å². The van der Waals surface area contributed by atoms with E-state index in [1.807, 2.05) is 38.1 Å². The zero-order valence-corrected chi connectivity index (χ0v) is 27.9. The summed E-state index contributed by atoms with van der Waals surface area (Å²) >= 11 is 0. The molecule has 1 aliphatic heterocycles. The van der Waals surface area contributed by atoms with Crippen LogP contribution in [0.5, 0.6) is 0 Å². The van der Waals surface area contributed by atoms with E-state index in [9.17, 15) is 28.8 Å². The number of carbonyl (C=O) groups excluding carboxylic acids is 6. The predicted octanol–water partition coefficient (Wildman–Crippen LogP) is 2.86. The number of hydrogen-bond acceptors (Lipinski definition) is 6. The summed E-state index contributed by atoms with van der Waals surface area (Å²) in [6.45, 7) is 13.4. The molecule has 4 atom stereocenters. The smallest absolute Gasteiger partial charge is 0.316 e. The first-order chi connectivity index (χ1) is 21.9. The Bertz CT molecular complexity index is 1270. The van der Waals surface area contributed by atoms with Gasteiger partial charge in [-0.15, -0.1) is 6.58 Å².